The van der Waals surface area contributed by atoms with Gasteiger partial charge in [-0.05, 0) is 38.8 Å². The van der Waals surface area contributed by atoms with E-state index in [-0.39, 0.29) is 17.0 Å². The fourth-order valence-corrected chi connectivity index (χ4v) is 4.27. The molecule has 0 unspecified atom stereocenters. The molecule has 21 heavy (non-hydrogen) atoms. The fourth-order valence-electron chi connectivity index (χ4n) is 2.66. The van der Waals surface area contributed by atoms with Gasteiger partial charge in [-0.1, -0.05) is 0 Å². The summed E-state index contributed by atoms with van der Waals surface area (Å²) in [5.74, 6) is 0.701. The van der Waals surface area contributed by atoms with Crippen molar-refractivity contribution in [3.63, 3.8) is 0 Å². The monoisotopic (exact) mass is 309 g/mol. The van der Waals surface area contributed by atoms with Crippen LogP contribution < -0.4 is 0 Å². The standard InChI is InChI=1S/C14H19N3O3S/c1-11(2)16-10-12(9-15-16)21(18,19)17-7-3-5-13(17)14-6-4-8-20-14/h4,6,8-11,13H,3,5,7H2,1-2H3/t13-/m1/s1. The molecule has 0 spiro atoms. The molecule has 0 saturated carbocycles. The van der Waals surface area contributed by atoms with Crippen LogP contribution >= 0.6 is 0 Å². The molecule has 1 saturated heterocycles. The zero-order valence-corrected chi connectivity index (χ0v) is 13.0. The smallest absolute Gasteiger partial charge is 0.246 e. The van der Waals surface area contributed by atoms with Crippen LogP contribution in [-0.4, -0.2) is 29.0 Å². The van der Waals surface area contributed by atoms with Crippen molar-refractivity contribution in [2.75, 3.05) is 6.54 Å². The second-order valence-electron chi connectivity index (χ2n) is 5.54. The molecule has 7 heteroatoms. The van der Waals surface area contributed by atoms with Gasteiger partial charge in [-0.25, -0.2) is 8.42 Å². The third kappa shape index (κ3) is 2.51. The van der Waals surface area contributed by atoms with Crippen LogP contribution in [0.5, 0.6) is 0 Å². The second-order valence-corrected chi connectivity index (χ2v) is 7.43. The summed E-state index contributed by atoms with van der Waals surface area (Å²) in [5.41, 5.74) is 0. The van der Waals surface area contributed by atoms with Crippen molar-refractivity contribution in [1.29, 1.82) is 0 Å². The number of rotatable bonds is 4. The molecule has 2 aromatic heterocycles. The molecule has 0 radical (unpaired) electrons. The molecule has 1 fully saturated rings. The van der Waals surface area contributed by atoms with Gasteiger partial charge in [0.05, 0.1) is 18.5 Å². The molecule has 3 rings (SSSR count). The molecule has 3 heterocycles. The van der Waals surface area contributed by atoms with Gasteiger partial charge < -0.3 is 4.42 Å². The van der Waals surface area contributed by atoms with Crippen LogP contribution in [0.1, 0.15) is 44.5 Å². The summed E-state index contributed by atoms with van der Waals surface area (Å²) in [6.45, 7) is 4.44. The minimum Gasteiger partial charge on any atom is -0.468 e. The first kappa shape index (κ1) is 14.3. The lowest BCUT2D eigenvalue weighted by molar-refractivity contribution is 0.339. The highest BCUT2D eigenvalue weighted by molar-refractivity contribution is 7.89. The molecule has 2 aromatic rings. The van der Waals surface area contributed by atoms with Crippen LogP contribution in [0, 0.1) is 0 Å². The van der Waals surface area contributed by atoms with E-state index < -0.39 is 10.0 Å². The first-order chi connectivity index (χ1) is 10.00. The summed E-state index contributed by atoms with van der Waals surface area (Å²) in [7, 11) is -3.54. The van der Waals surface area contributed by atoms with Gasteiger partial charge >= 0.3 is 0 Å². The van der Waals surface area contributed by atoms with Crippen molar-refractivity contribution in [2.24, 2.45) is 0 Å². The predicted molar refractivity (Wildman–Crippen MR) is 77.2 cm³/mol. The normalized spacial score (nSPS) is 20.4. The van der Waals surface area contributed by atoms with Gasteiger partial charge in [0.15, 0.2) is 0 Å². The van der Waals surface area contributed by atoms with Crippen molar-refractivity contribution >= 4 is 10.0 Å². The highest BCUT2D eigenvalue weighted by Crippen LogP contribution is 2.36. The predicted octanol–water partition coefficient (Wildman–Crippen LogP) is 2.58. The van der Waals surface area contributed by atoms with E-state index in [4.69, 9.17) is 4.42 Å². The molecule has 1 aliphatic heterocycles. The Balaban J connectivity index is 1.93. The van der Waals surface area contributed by atoms with E-state index >= 15 is 0 Å². The molecular formula is C14H19N3O3S. The fraction of sp³-hybridized carbons (Fsp3) is 0.500. The highest BCUT2D eigenvalue weighted by atomic mass is 32.2. The third-order valence-corrected chi connectivity index (χ3v) is 5.65. The van der Waals surface area contributed by atoms with Crippen LogP contribution in [0.3, 0.4) is 0 Å². The zero-order chi connectivity index (χ0) is 15.0. The topological polar surface area (TPSA) is 68.3 Å². The molecule has 114 valence electrons. The largest absolute Gasteiger partial charge is 0.468 e. The Morgan fingerprint density at radius 1 is 1.43 bits per heavy atom. The van der Waals surface area contributed by atoms with Gasteiger partial charge in [-0.2, -0.15) is 9.40 Å². The molecule has 0 amide bonds. The van der Waals surface area contributed by atoms with Gasteiger partial charge in [0, 0.05) is 18.8 Å². The molecule has 0 bridgehead atoms. The Morgan fingerprint density at radius 2 is 2.24 bits per heavy atom. The van der Waals surface area contributed by atoms with E-state index in [1.807, 2.05) is 19.9 Å². The minimum atomic E-state index is -3.54. The van der Waals surface area contributed by atoms with Gasteiger partial charge in [0.1, 0.15) is 10.7 Å². The molecule has 6 nitrogen and oxygen atoms in total. The van der Waals surface area contributed by atoms with Crippen molar-refractivity contribution in [2.45, 2.75) is 43.7 Å². The number of sulfonamides is 1. The molecule has 0 aromatic carbocycles. The van der Waals surface area contributed by atoms with E-state index in [0.29, 0.717) is 12.3 Å². The average molecular weight is 309 g/mol. The van der Waals surface area contributed by atoms with Crippen LogP contribution in [0.4, 0.5) is 0 Å². The van der Waals surface area contributed by atoms with Crippen LogP contribution in [0.25, 0.3) is 0 Å². The first-order valence-electron chi connectivity index (χ1n) is 7.09. The third-order valence-electron chi connectivity index (χ3n) is 3.79. The van der Waals surface area contributed by atoms with Crippen LogP contribution in [0.15, 0.2) is 40.1 Å². The Labute approximate surface area is 124 Å². The molecule has 1 aliphatic rings. The van der Waals surface area contributed by atoms with Crippen molar-refractivity contribution < 1.29 is 12.8 Å². The molecule has 0 aliphatic carbocycles. The number of hydrogen-bond donors (Lipinski definition) is 0. The highest BCUT2D eigenvalue weighted by Gasteiger charge is 2.38. The Kier molecular flexibility index (Phi) is 3.62. The summed E-state index contributed by atoms with van der Waals surface area (Å²) in [6.07, 6.45) is 6.22. The van der Waals surface area contributed by atoms with Crippen LogP contribution in [-0.2, 0) is 10.0 Å². The van der Waals surface area contributed by atoms with E-state index in [1.54, 1.807) is 23.2 Å². The van der Waals surface area contributed by atoms with Crippen LogP contribution in [0.2, 0.25) is 0 Å². The number of nitrogens with zero attached hydrogens (tertiary/aromatic N) is 3. The molecular weight excluding hydrogens is 290 g/mol. The van der Waals surface area contributed by atoms with Crippen molar-refractivity contribution in [1.82, 2.24) is 14.1 Å². The summed E-state index contributed by atoms with van der Waals surface area (Å²) in [6, 6.07) is 3.53. The zero-order valence-electron chi connectivity index (χ0n) is 12.1. The quantitative estimate of drug-likeness (QED) is 0.870. The lowest BCUT2D eigenvalue weighted by Gasteiger charge is -2.21. The maximum atomic E-state index is 12.8. The van der Waals surface area contributed by atoms with E-state index in [2.05, 4.69) is 5.10 Å². The first-order valence-corrected chi connectivity index (χ1v) is 8.53. The number of hydrogen-bond acceptors (Lipinski definition) is 4. The van der Waals surface area contributed by atoms with E-state index in [1.165, 1.54) is 10.5 Å². The summed E-state index contributed by atoms with van der Waals surface area (Å²) in [5, 5.41) is 4.13. The molecule has 0 N–H and O–H groups in total. The van der Waals surface area contributed by atoms with Gasteiger partial charge in [-0.3, -0.25) is 4.68 Å². The van der Waals surface area contributed by atoms with E-state index in [0.717, 1.165) is 12.8 Å². The van der Waals surface area contributed by atoms with E-state index in [9.17, 15) is 8.42 Å². The average Bonchev–Trinajstić information content (AvgIpc) is 3.19. The Bertz CT molecular complexity index is 704. The number of furan rings is 1. The van der Waals surface area contributed by atoms with Gasteiger partial charge in [-0.15, -0.1) is 0 Å². The Morgan fingerprint density at radius 3 is 2.86 bits per heavy atom. The van der Waals surface area contributed by atoms with Gasteiger partial charge in [0.25, 0.3) is 0 Å². The maximum Gasteiger partial charge on any atom is 0.246 e. The maximum absolute atomic E-state index is 12.8. The Hall–Kier alpha value is -1.60. The summed E-state index contributed by atoms with van der Waals surface area (Å²) >= 11 is 0. The second kappa shape index (κ2) is 5.31. The lowest BCUT2D eigenvalue weighted by Crippen LogP contribution is -2.30. The van der Waals surface area contributed by atoms with Crippen molar-refractivity contribution in [3.8, 4) is 0 Å². The number of aromatic nitrogens is 2. The SMILES string of the molecule is CC(C)n1cc(S(=O)(=O)N2CCC[C@@H]2c2ccco2)cn1. The van der Waals surface area contributed by atoms with Crippen molar-refractivity contribution in [3.05, 3.63) is 36.5 Å². The van der Waals surface area contributed by atoms with Gasteiger partial charge in [0.2, 0.25) is 10.0 Å². The molecule has 1 atom stereocenters. The minimum absolute atomic E-state index is 0.133. The summed E-state index contributed by atoms with van der Waals surface area (Å²) < 4.78 is 34.2. The summed E-state index contributed by atoms with van der Waals surface area (Å²) in [4.78, 5) is 0.245. The lowest BCUT2D eigenvalue weighted by atomic mass is 10.2.